The van der Waals surface area contributed by atoms with Crippen molar-refractivity contribution in [3.8, 4) is 5.75 Å². The Balaban J connectivity index is 2.04. The Morgan fingerprint density at radius 2 is 2.04 bits per heavy atom. The van der Waals surface area contributed by atoms with Crippen LogP contribution in [0.25, 0.3) is 0 Å². The third kappa shape index (κ3) is 4.04. The summed E-state index contributed by atoms with van der Waals surface area (Å²) in [5.41, 5.74) is -0.330. The summed E-state index contributed by atoms with van der Waals surface area (Å²) in [6, 6.07) is 6.97. The van der Waals surface area contributed by atoms with Crippen LogP contribution in [0, 0.1) is 5.92 Å². The molecule has 0 spiro atoms. The van der Waals surface area contributed by atoms with Gasteiger partial charge in [-0.2, -0.15) is 0 Å². The number of carboxylic acids is 1. The monoisotopic (exact) mass is 334 g/mol. The maximum atomic E-state index is 12.3. The maximum Gasteiger partial charge on any atom is 0.305 e. The van der Waals surface area contributed by atoms with E-state index in [1.807, 2.05) is 13.8 Å². The standard InChI is InChI=1S/C17H22N2O5/c1-10(2)17(3,9-15(21)22)19-14(20)8-13-16(23)18-11-6-4-5-7-12(11)24-13/h4-7,10,13H,8-9H2,1-3H3,(H,18,23)(H,19,20)(H,21,22). The molecule has 1 aromatic rings. The number of ether oxygens (including phenoxy) is 1. The number of benzene rings is 1. The number of fused-ring (bicyclic) bond motifs is 1. The molecular formula is C17H22N2O5. The fourth-order valence-electron chi connectivity index (χ4n) is 2.47. The molecule has 0 saturated carbocycles. The van der Waals surface area contributed by atoms with Crippen molar-refractivity contribution in [3.63, 3.8) is 0 Å². The van der Waals surface area contributed by atoms with E-state index >= 15 is 0 Å². The largest absolute Gasteiger partial charge is 0.481 e. The van der Waals surface area contributed by atoms with E-state index in [4.69, 9.17) is 9.84 Å². The molecule has 1 aliphatic rings. The summed E-state index contributed by atoms with van der Waals surface area (Å²) in [5, 5.41) is 14.5. The molecule has 2 rings (SSSR count). The van der Waals surface area contributed by atoms with Gasteiger partial charge in [0.25, 0.3) is 5.91 Å². The lowest BCUT2D eigenvalue weighted by Crippen LogP contribution is -2.53. The average Bonchev–Trinajstić information content (AvgIpc) is 2.46. The molecule has 2 atom stereocenters. The summed E-state index contributed by atoms with van der Waals surface area (Å²) in [5.74, 6) is -1.39. The van der Waals surface area contributed by atoms with Crippen LogP contribution in [-0.2, 0) is 14.4 Å². The maximum absolute atomic E-state index is 12.3. The molecular weight excluding hydrogens is 312 g/mol. The molecule has 1 heterocycles. The lowest BCUT2D eigenvalue weighted by molar-refractivity contribution is -0.140. The lowest BCUT2D eigenvalue weighted by atomic mass is 9.85. The van der Waals surface area contributed by atoms with Gasteiger partial charge in [0.15, 0.2) is 6.10 Å². The predicted octanol–water partition coefficient (Wildman–Crippen LogP) is 1.78. The number of aliphatic carboxylic acids is 1. The Hall–Kier alpha value is -2.57. The summed E-state index contributed by atoms with van der Waals surface area (Å²) in [6.45, 7) is 5.35. The van der Waals surface area contributed by atoms with Crippen LogP contribution in [0.2, 0.25) is 0 Å². The zero-order valence-electron chi connectivity index (χ0n) is 14.0. The van der Waals surface area contributed by atoms with E-state index in [9.17, 15) is 14.4 Å². The Bertz CT molecular complexity index is 658. The third-order valence-electron chi connectivity index (χ3n) is 4.30. The van der Waals surface area contributed by atoms with Crippen LogP contribution >= 0.6 is 0 Å². The smallest absolute Gasteiger partial charge is 0.305 e. The second-order valence-corrected chi connectivity index (χ2v) is 6.49. The first-order chi connectivity index (χ1) is 11.2. The van der Waals surface area contributed by atoms with Crippen LogP contribution in [0.4, 0.5) is 5.69 Å². The van der Waals surface area contributed by atoms with E-state index in [0.717, 1.165) is 0 Å². The highest BCUT2D eigenvalue weighted by Gasteiger charge is 2.35. The van der Waals surface area contributed by atoms with E-state index in [0.29, 0.717) is 11.4 Å². The van der Waals surface area contributed by atoms with Crippen LogP contribution < -0.4 is 15.4 Å². The SMILES string of the molecule is CC(C)C(C)(CC(=O)O)NC(=O)CC1Oc2ccccc2NC1=O. The van der Waals surface area contributed by atoms with E-state index in [1.54, 1.807) is 31.2 Å². The molecule has 0 saturated heterocycles. The molecule has 7 nitrogen and oxygen atoms in total. The number of hydrogen-bond acceptors (Lipinski definition) is 4. The van der Waals surface area contributed by atoms with Gasteiger partial charge in [-0.25, -0.2) is 0 Å². The molecule has 2 unspecified atom stereocenters. The van der Waals surface area contributed by atoms with Crippen molar-refractivity contribution in [2.45, 2.75) is 45.3 Å². The molecule has 3 N–H and O–H groups in total. The number of rotatable bonds is 6. The minimum atomic E-state index is -0.993. The van der Waals surface area contributed by atoms with Gasteiger partial charge in [-0.3, -0.25) is 14.4 Å². The Labute approximate surface area is 140 Å². The number of amides is 2. The Morgan fingerprint density at radius 1 is 1.38 bits per heavy atom. The second-order valence-electron chi connectivity index (χ2n) is 6.49. The molecule has 0 aliphatic carbocycles. The Kier molecular flexibility index (Phi) is 5.11. The van der Waals surface area contributed by atoms with Gasteiger partial charge in [0, 0.05) is 5.54 Å². The summed E-state index contributed by atoms with van der Waals surface area (Å²) >= 11 is 0. The fraction of sp³-hybridized carbons (Fsp3) is 0.471. The van der Waals surface area contributed by atoms with E-state index < -0.39 is 29.4 Å². The predicted molar refractivity (Wildman–Crippen MR) is 87.7 cm³/mol. The third-order valence-corrected chi connectivity index (χ3v) is 4.30. The number of carboxylic acid groups (broad SMARTS) is 1. The van der Waals surface area contributed by atoms with Crippen molar-refractivity contribution in [1.29, 1.82) is 0 Å². The quantitative estimate of drug-likeness (QED) is 0.735. The topological polar surface area (TPSA) is 105 Å². The van der Waals surface area contributed by atoms with Gasteiger partial charge in [0.2, 0.25) is 5.91 Å². The van der Waals surface area contributed by atoms with E-state index in [2.05, 4.69) is 10.6 Å². The molecule has 1 aromatic carbocycles. The second kappa shape index (κ2) is 6.90. The van der Waals surface area contributed by atoms with Gasteiger partial charge in [0.1, 0.15) is 5.75 Å². The average molecular weight is 334 g/mol. The number of hydrogen-bond donors (Lipinski definition) is 3. The summed E-state index contributed by atoms with van der Waals surface area (Å²) in [6.07, 6.45) is -1.32. The van der Waals surface area contributed by atoms with Crippen molar-refractivity contribution in [1.82, 2.24) is 5.32 Å². The normalized spacial score (nSPS) is 18.8. The van der Waals surface area contributed by atoms with Crippen molar-refractivity contribution in [2.24, 2.45) is 5.92 Å². The molecule has 0 radical (unpaired) electrons. The van der Waals surface area contributed by atoms with Gasteiger partial charge in [-0.05, 0) is 25.0 Å². The number of nitrogens with one attached hydrogen (secondary N) is 2. The zero-order chi connectivity index (χ0) is 17.9. The minimum Gasteiger partial charge on any atom is -0.481 e. The highest BCUT2D eigenvalue weighted by molar-refractivity contribution is 6.00. The molecule has 1 aliphatic heterocycles. The summed E-state index contributed by atoms with van der Waals surface area (Å²) < 4.78 is 5.58. The van der Waals surface area contributed by atoms with Crippen molar-refractivity contribution >= 4 is 23.5 Å². The zero-order valence-corrected chi connectivity index (χ0v) is 14.0. The number of carbonyl (C=O) groups is 3. The van der Waals surface area contributed by atoms with Crippen LogP contribution in [0.5, 0.6) is 5.75 Å². The highest BCUT2D eigenvalue weighted by atomic mass is 16.5. The van der Waals surface area contributed by atoms with Crippen LogP contribution in [0.15, 0.2) is 24.3 Å². The van der Waals surface area contributed by atoms with E-state index in [1.165, 1.54) is 0 Å². The first-order valence-corrected chi connectivity index (χ1v) is 7.80. The summed E-state index contributed by atoms with van der Waals surface area (Å²) in [7, 11) is 0. The molecule has 2 amide bonds. The lowest BCUT2D eigenvalue weighted by Gasteiger charge is -2.34. The molecule has 0 bridgehead atoms. The van der Waals surface area contributed by atoms with Gasteiger partial charge in [0.05, 0.1) is 18.5 Å². The number of para-hydroxylation sites is 2. The Morgan fingerprint density at radius 3 is 2.67 bits per heavy atom. The van der Waals surface area contributed by atoms with Crippen LogP contribution in [0.1, 0.15) is 33.6 Å². The fourth-order valence-corrected chi connectivity index (χ4v) is 2.47. The molecule has 24 heavy (non-hydrogen) atoms. The van der Waals surface area contributed by atoms with Crippen LogP contribution in [-0.4, -0.2) is 34.5 Å². The van der Waals surface area contributed by atoms with E-state index in [-0.39, 0.29) is 18.8 Å². The van der Waals surface area contributed by atoms with Crippen LogP contribution in [0.3, 0.4) is 0 Å². The van der Waals surface area contributed by atoms with Gasteiger partial charge >= 0.3 is 5.97 Å². The van der Waals surface area contributed by atoms with Gasteiger partial charge in [-0.1, -0.05) is 26.0 Å². The van der Waals surface area contributed by atoms with Gasteiger partial charge < -0.3 is 20.5 Å². The first kappa shape index (κ1) is 17.8. The molecule has 7 heteroatoms. The van der Waals surface area contributed by atoms with Crippen molar-refractivity contribution in [2.75, 3.05) is 5.32 Å². The number of anilines is 1. The van der Waals surface area contributed by atoms with Crippen molar-refractivity contribution in [3.05, 3.63) is 24.3 Å². The van der Waals surface area contributed by atoms with Gasteiger partial charge in [-0.15, -0.1) is 0 Å². The molecule has 0 aromatic heterocycles. The molecule has 130 valence electrons. The number of carbonyl (C=O) groups excluding carboxylic acids is 2. The first-order valence-electron chi connectivity index (χ1n) is 7.80. The highest BCUT2D eigenvalue weighted by Crippen LogP contribution is 2.30. The minimum absolute atomic E-state index is 0.0839. The summed E-state index contributed by atoms with van der Waals surface area (Å²) in [4.78, 5) is 35.4. The molecule has 0 fully saturated rings. The van der Waals surface area contributed by atoms with Crippen molar-refractivity contribution < 1.29 is 24.2 Å².